The van der Waals surface area contributed by atoms with Crippen LogP contribution in [0.4, 0.5) is 17.6 Å². The summed E-state index contributed by atoms with van der Waals surface area (Å²) >= 11 is 5.48. The van der Waals surface area contributed by atoms with E-state index in [4.69, 9.17) is 26.6 Å². The summed E-state index contributed by atoms with van der Waals surface area (Å²) in [6, 6.07) is 5.95. The van der Waals surface area contributed by atoms with Gasteiger partial charge in [-0.2, -0.15) is 9.97 Å². The van der Waals surface area contributed by atoms with Crippen molar-refractivity contribution in [1.29, 1.82) is 0 Å². The van der Waals surface area contributed by atoms with Gasteiger partial charge in [0.05, 0.1) is 12.8 Å². The van der Waals surface area contributed by atoms with Crippen molar-refractivity contribution in [2.24, 2.45) is 5.92 Å². The second kappa shape index (κ2) is 10.1. The van der Waals surface area contributed by atoms with E-state index in [1.807, 2.05) is 12.1 Å². The Balaban J connectivity index is 1.52. The quantitative estimate of drug-likeness (QED) is 0.688. The molecule has 30 heavy (non-hydrogen) atoms. The number of nitrogens with one attached hydrogen (secondary N) is 2. The number of rotatable bonds is 5. The summed E-state index contributed by atoms with van der Waals surface area (Å²) in [7, 11) is 0. The minimum atomic E-state index is 0.498. The van der Waals surface area contributed by atoms with Crippen LogP contribution in [-0.2, 0) is 6.54 Å². The van der Waals surface area contributed by atoms with E-state index in [2.05, 4.69) is 33.4 Å². The maximum atomic E-state index is 5.48. The summed E-state index contributed by atoms with van der Waals surface area (Å²) in [5, 5.41) is 6.86. The molecule has 2 aliphatic heterocycles. The molecule has 0 amide bonds. The van der Waals surface area contributed by atoms with Crippen molar-refractivity contribution in [3.63, 3.8) is 0 Å². The first-order valence-corrected chi connectivity index (χ1v) is 11.5. The molecule has 2 saturated heterocycles. The predicted molar refractivity (Wildman–Crippen MR) is 125 cm³/mol. The zero-order valence-electron chi connectivity index (χ0n) is 17.8. The zero-order valence-corrected chi connectivity index (χ0v) is 18.6. The summed E-state index contributed by atoms with van der Waals surface area (Å²) in [6.45, 7) is 7.02. The molecule has 0 spiro atoms. The lowest BCUT2D eigenvalue weighted by Crippen LogP contribution is -2.36. The van der Waals surface area contributed by atoms with Gasteiger partial charge in [0.1, 0.15) is 17.4 Å². The maximum Gasteiger partial charge on any atom is 0.232 e. The van der Waals surface area contributed by atoms with Crippen molar-refractivity contribution in [1.82, 2.24) is 15.3 Å². The van der Waals surface area contributed by atoms with Gasteiger partial charge in [-0.25, -0.2) is 0 Å². The van der Waals surface area contributed by atoms with Gasteiger partial charge in [0, 0.05) is 32.2 Å². The summed E-state index contributed by atoms with van der Waals surface area (Å²) in [4.78, 5) is 14.4. The SMILES string of the molecule is C[C@H]1CCCN(c2cc(N3CCCCCC3)nc(NC(=S)NCc3ccco3)n2)C1. The number of anilines is 3. The molecule has 162 valence electrons. The second-order valence-corrected chi connectivity index (χ2v) is 8.80. The van der Waals surface area contributed by atoms with Gasteiger partial charge in [0.2, 0.25) is 5.95 Å². The fraction of sp³-hybridized carbons (Fsp3) is 0.591. The van der Waals surface area contributed by atoms with E-state index < -0.39 is 0 Å². The highest BCUT2D eigenvalue weighted by Crippen LogP contribution is 2.27. The van der Waals surface area contributed by atoms with Crippen molar-refractivity contribution >= 4 is 34.9 Å². The molecule has 2 N–H and O–H groups in total. The highest BCUT2D eigenvalue weighted by Gasteiger charge is 2.21. The van der Waals surface area contributed by atoms with Crippen LogP contribution < -0.4 is 20.4 Å². The van der Waals surface area contributed by atoms with Crippen LogP contribution in [0, 0.1) is 5.92 Å². The van der Waals surface area contributed by atoms with Gasteiger partial charge in [0.15, 0.2) is 5.11 Å². The number of piperidine rings is 1. The maximum absolute atomic E-state index is 5.48. The van der Waals surface area contributed by atoms with E-state index in [0.717, 1.165) is 43.6 Å². The Hall–Kier alpha value is -2.35. The van der Waals surface area contributed by atoms with E-state index in [0.29, 0.717) is 23.5 Å². The molecular formula is C22H32N6OS. The van der Waals surface area contributed by atoms with Crippen LogP contribution in [-0.4, -0.2) is 41.3 Å². The predicted octanol–water partition coefficient (Wildman–Crippen LogP) is 4.17. The fourth-order valence-corrected chi connectivity index (χ4v) is 4.39. The number of furan rings is 1. The number of nitrogens with zero attached hydrogens (tertiary/aromatic N) is 4. The Morgan fingerprint density at radius 2 is 1.83 bits per heavy atom. The first-order valence-electron chi connectivity index (χ1n) is 11.1. The monoisotopic (exact) mass is 428 g/mol. The van der Waals surface area contributed by atoms with Crippen molar-refractivity contribution in [2.45, 2.75) is 52.0 Å². The number of thiocarbonyl (C=S) groups is 1. The van der Waals surface area contributed by atoms with Crippen LogP contribution in [0.5, 0.6) is 0 Å². The topological polar surface area (TPSA) is 69.5 Å². The molecule has 2 aromatic heterocycles. The number of hydrogen-bond donors (Lipinski definition) is 2. The molecule has 0 saturated carbocycles. The smallest absolute Gasteiger partial charge is 0.232 e. The molecule has 2 fully saturated rings. The van der Waals surface area contributed by atoms with Gasteiger partial charge in [-0.15, -0.1) is 0 Å². The summed E-state index contributed by atoms with van der Waals surface area (Å²) in [5.74, 6) is 4.06. The van der Waals surface area contributed by atoms with Crippen LogP contribution in [0.2, 0.25) is 0 Å². The van der Waals surface area contributed by atoms with E-state index in [-0.39, 0.29) is 0 Å². The Kier molecular flexibility index (Phi) is 7.04. The lowest BCUT2D eigenvalue weighted by atomic mass is 10.0. The van der Waals surface area contributed by atoms with Crippen molar-refractivity contribution in [3.8, 4) is 0 Å². The molecular weight excluding hydrogens is 396 g/mol. The first kappa shape index (κ1) is 20.9. The molecule has 1 atom stereocenters. The average Bonchev–Trinajstić information content (AvgIpc) is 3.12. The Labute approximate surface area is 184 Å². The van der Waals surface area contributed by atoms with Gasteiger partial charge in [0.25, 0.3) is 0 Å². The lowest BCUT2D eigenvalue weighted by Gasteiger charge is -2.33. The fourth-order valence-electron chi connectivity index (χ4n) is 4.23. The zero-order chi connectivity index (χ0) is 20.8. The summed E-state index contributed by atoms with van der Waals surface area (Å²) < 4.78 is 5.36. The van der Waals surface area contributed by atoms with E-state index in [9.17, 15) is 0 Å². The molecule has 7 nitrogen and oxygen atoms in total. The number of hydrogen-bond acceptors (Lipinski definition) is 6. The second-order valence-electron chi connectivity index (χ2n) is 8.39. The number of aromatic nitrogens is 2. The lowest BCUT2D eigenvalue weighted by molar-refractivity contribution is 0.444. The molecule has 0 radical (unpaired) electrons. The molecule has 0 bridgehead atoms. The summed E-state index contributed by atoms with van der Waals surface area (Å²) in [5.41, 5.74) is 0. The molecule has 2 aromatic rings. The highest BCUT2D eigenvalue weighted by molar-refractivity contribution is 7.80. The van der Waals surface area contributed by atoms with Crippen molar-refractivity contribution < 1.29 is 4.42 Å². The average molecular weight is 429 g/mol. The molecule has 0 unspecified atom stereocenters. The van der Waals surface area contributed by atoms with Crippen LogP contribution >= 0.6 is 12.2 Å². The molecule has 8 heteroatoms. The van der Waals surface area contributed by atoms with Crippen LogP contribution in [0.1, 0.15) is 51.2 Å². The normalized spacial score (nSPS) is 20.0. The van der Waals surface area contributed by atoms with E-state index >= 15 is 0 Å². The van der Waals surface area contributed by atoms with Gasteiger partial charge < -0.3 is 24.9 Å². The minimum absolute atomic E-state index is 0.498. The van der Waals surface area contributed by atoms with Crippen LogP contribution in [0.15, 0.2) is 28.9 Å². The van der Waals surface area contributed by atoms with Gasteiger partial charge in [-0.05, 0) is 56.0 Å². The largest absolute Gasteiger partial charge is 0.467 e. The third kappa shape index (κ3) is 5.62. The molecule has 4 rings (SSSR count). The van der Waals surface area contributed by atoms with Crippen LogP contribution in [0.25, 0.3) is 0 Å². The Bertz CT molecular complexity index is 799. The van der Waals surface area contributed by atoms with E-state index in [1.165, 1.54) is 38.5 Å². The van der Waals surface area contributed by atoms with Gasteiger partial charge in [-0.3, -0.25) is 0 Å². The van der Waals surface area contributed by atoms with E-state index in [1.54, 1.807) is 6.26 Å². The Morgan fingerprint density at radius 3 is 2.53 bits per heavy atom. The minimum Gasteiger partial charge on any atom is -0.467 e. The third-order valence-electron chi connectivity index (χ3n) is 5.84. The van der Waals surface area contributed by atoms with Gasteiger partial charge in [-0.1, -0.05) is 19.8 Å². The molecule has 0 aromatic carbocycles. The summed E-state index contributed by atoms with van der Waals surface area (Å²) in [6.07, 6.45) is 9.17. The first-order chi connectivity index (χ1) is 14.7. The molecule has 4 heterocycles. The Morgan fingerprint density at radius 1 is 1.10 bits per heavy atom. The van der Waals surface area contributed by atoms with Gasteiger partial charge >= 0.3 is 0 Å². The molecule has 2 aliphatic rings. The highest BCUT2D eigenvalue weighted by atomic mass is 32.1. The molecule has 0 aliphatic carbocycles. The van der Waals surface area contributed by atoms with Crippen molar-refractivity contribution in [2.75, 3.05) is 41.3 Å². The van der Waals surface area contributed by atoms with Crippen molar-refractivity contribution in [3.05, 3.63) is 30.2 Å². The third-order valence-corrected chi connectivity index (χ3v) is 6.09. The van der Waals surface area contributed by atoms with Crippen LogP contribution in [0.3, 0.4) is 0 Å². The standard InChI is InChI=1S/C22H32N6OS/c1-17-8-6-12-28(16-17)20-14-19(27-10-4-2-3-5-11-27)24-21(25-20)26-22(30)23-15-18-9-7-13-29-18/h7,9,13-14,17H,2-6,8,10-12,15-16H2,1H3,(H2,23,24,25,26,30)/t17-/m0/s1.